The first-order chi connectivity index (χ1) is 22.1. The second-order valence-electron chi connectivity index (χ2n) is 17.2. The van der Waals surface area contributed by atoms with Crippen LogP contribution in [0.15, 0.2) is 36.4 Å². The monoisotopic (exact) mass is 616 g/mol. The highest BCUT2D eigenvalue weighted by molar-refractivity contribution is 5.51. The van der Waals surface area contributed by atoms with E-state index in [9.17, 15) is 15.3 Å². The molecular formula is C43H52O3. The van der Waals surface area contributed by atoms with E-state index in [0.717, 1.165) is 34.8 Å². The lowest BCUT2D eigenvalue weighted by Crippen LogP contribution is -2.28. The first-order valence-corrected chi connectivity index (χ1v) is 18.5. The summed E-state index contributed by atoms with van der Waals surface area (Å²) in [5.41, 5.74) is 10.6. The molecule has 6 aliphatic rings. The molecule has 3 nitrogen and oxygen atoms in total. The summed E-state index contributed by atoms with van der Waals surface area (Å²) in [7, 11) is 0. The van der Waals surface area contributed by atoms with E-state index >= 15 is 0 Å². The number of phenols is 3. The smallest absolute Gasteiger partial charge is 0.122 e. The third kappa shape index (κ3) is 4.08. The van der Waals surface area contributed by atoms with Crippen molar-refractivity contribution in [2.45, 2.75) is 110 Å². The van der Waals surface area contributed by atoms with E-state index in [2.05, 4.69) is 57.2 Å². The van der Waals surface area contributed by atoms with Gasteiger partial charge in [-0.15, -0.1) is 0 Å². The number of rotatable bonds is 4. The van der Waals surface area contributed by atoms with Crippen LogP contribution in [0, 0.1) is 82.0 Å². The Balaban J connectivity index is 1.04. The highest BCUT2D eigenvalue weighted by Gasteiger charge is 2.60. The van der Waals surface area contributed by atoms with Crippen molar-refractivity contribution in [3.05, 3.63) is 86.5 Å². The predicted molar refractivity (Wildman–Crippen MR) is 184 cm³/mol. The van der Waals surface area contributed by atoms with Crippen LogP contribution in [0.2, 0.25) is 0 Å². The van der Waals surface area contributed by atoms with Crippen molar-refractivity contribution in [3.63, 3.8) is 0 Å². The lowest BCUT2D eigenvalue weighted by molar-refractivity contribution is 0.209. The molecule has 46 heavy (non-hydrogen) atoms. The maximum atomic E-state index is 12.3. The fourth-order valence-corrected chi connectivity index (χ4v) is 13.6. The molecule has 0 spiro atoms. The Morgan fingerprint density at radius 1 is 0.413 bits per heavy atom. The molecular weight excluding hydrogens is 564 g/mol. The van der Waals surface area contributed by atoms with Crippen LogP contribution >= 0.6 is 0 Å². The molecule has 6 aliphatic carbocycles. The first-order valence-electron chi connectivity index (χ1n) is 18.5. The quantitative estimate of drug-likeness (QED) is 0.273. The van der Waals surface area contributed by atoms with Crippen LogP contribution in [0.4, 0.5) is 0 Å². The number of aryl methyl sites for hydroxylation is 5. The van der Waals surface area contributed by atoms with Gasteiger partial charge < -0.3 is 15.3 Å². The standard InChI is InChI=1S/C43H52O3/c1-20-10-23(4)41(44)35(12-20)29-8-6-27-26-17-32(34(19-26)39(27)29)38-15-22(3)14-36(43(38)46)30-9-7-28-25-16-31(33(18-25)40(28)30)37-13-21(2)11-24(5)42(37)45/h10-15,25-34,39-40,44-46H,6-9,16-19H2,1-5H3. The molecule has 9 rings (SSSR count). The lowest BCUT2D eigenvalue weighted by Gasteiger charge is -2.37. The van der Waals surface area contributed by atoms with E-state index in [1.165, 1.54) is 90.3 Å². The van der Waals surface area contributed by atoms with Crippen molar-refractivity contribution in [3.8, 4) is 17.2 Å². The van der Waals surface area contributed by atoms with Crippen LogP contribution in [0.25, 0.3) is 0 Å². The number of hydrogen-bond donors (Lipinski definition) is 3. The number of fused-ring (bicyclic) bond motifs is 10. The summed E-state index contributed by atoms with van der Waals surface area (Å²) in [5, 5.41) is 34.7. The highest BCUT2D eigenvalue weighted by Crippen LogP contribution is 2.70. The van der Waals surface area contributed by atoms with Gasteiger partial charge in [-0.1, -0.05) is 53.1 Å². The average molecular weight is 617 g/mol. The van der Waals surface area contributed by atoms with E-state index in [1.54, 1.807) is 0 Å². The number of phenolic OH excluding ortho intramolecular Hbond substituents is 3. The zero-order chi connectivity index (χ0) is 31.8. The minimum absolute atomic E-state index is 0.410. The van der Waals surface area contributed by atoms with Gasteiger partial charge >= 0.3 is 0 Å². The lowest BCUT2D eigenvalue weighted by atomic mass is 9.67. The molecule has 12 unspecified atom stereocenters. The summed E-state index contributed by atoms with van der Waals surface area (Å²) in [6, 6.07) is 13.4. The maximum absolute atomic E-state index is 12.3. The SMILES string of the molecule is Cc1cc(C)c(O)c(C2CC3CC2C2C(c4cc(C)cc(C5CC6CC5C5C(c7cc(C)cc(C)c7O)CCC65)c4O)CCC32)c1. The van der Waals surface area contributed by atoms with Gasteiger partial charge in [0, 0.05) is 0 Å². The molecule has 12 atom stereocenters. The minimum Gasteiger partial charge on any atom is -0.507 e. The normalized spacial score (nSPS) is 38.5. The fourth-order valence-electron chi connectivity index (χ4n) is 13.6. The van der Waals surface area contributed by atoms with Crippen LogP contribution < -0.4 is 0 Å². The second-order valence-corrected chi connectivity index (χ2v) is 17.2. The molecule has 4 bridgehead atoms. The highest BCUT2D eigenvalue weighted by atomic mass is 16.3. The van der Waals surface area contributed by atoms with Crippen LogP contribution in [-0.2, 0) is 0 Å². The van der Waals surface area contributed by atoms with Crippen molar-refractivity contribution in [1.82, 2.24) is 0 Å². The summed E-state index contributed by atoms with van der Waals surface area (Å²) < 4.78 is 0. The third-order valence-corrected chi connectivity index (χ3v) is 14.9. The van der Waals surface area contributed by atoms with Gasteiger partial charge in [-0.05, 0) is 190 Å². The van der Waals surface area contributed by atoms with Crippen molar-refractivity contribution in [2.75, 3.05) is 0 Å². The Kier molecular flexibility index (Phi) is 6.53. The molecule has 3 heteroatoms. The Morgan fingerprint density at radius 3 is 1.24 bits per heavy atom. The van der Waals surface area contributed by atoms with Crippen molar-refractivity contribution >= 4 is 0 Å². The topological polar surface area (TPSA) is 60.7 Å². The third-order valence-electron chi connectivity index (χ3n) is 14.9. The van der Waals surface area contributed by atoms with Gasteiger partial charge in [-0.25, -0.2) is 0 Å². The largest absolute Gasteiger partial charge is 0.507 e. The molecule has 0 saturated heterocycles. The van der Waals surface area contributed by atoms with Crippen molar-refractivity contribution < 1.29 is 15.3 Å². The van der Waals surface area contributed by atoms with E-state index in [0.29, 0.717) is 64.6 Å². The summed E-state index contributed by atoms with van der Waals surface area (Å²) in [5.74, 6) is 8.72. The van der Waals surface area contributed by atoms with E-state index in [-0.39, 0.29) is 0 Å². The Labute approximate surface area is 275 Å². The van der Waals surface area contributed by atoms with Crippen molar-refractivity contribution in [2.24, 2.45) is 47.3 Å². The Bertz CT molecular complexity index is 1740. The predicted octanol–water partition coefficient (Wildman–Crippen LogP) is 10.2. The summed E-state index contributed by atoms with van der Waals surface area (Å²) >= 11 is 0. The molecule has 242 valence electrons. The molecule has 3 N–H and O–H groups in total. The molecule has 3 aromatic rings. The van der Waals surface area contributed by atoms with Crippen LogP contribution in [0.3, 0.4) is 0 Å². The molecule has 0 aromatic heterocycles. The van der Waals surface area contributed by atoms with E-state index < -0.39 is 0 Å². The summed E-state index contributed by atoms with van der Waals surface area (Å²) in [6.45, 7) is 10.7. The molecule has 0 aliphatic heterocycles. The second kappa shape index (κ2) is 10.3. The molecule has 6 fully saturated rings. The first kappa shape index (κ1) is 29.2. The van der Waals surface area contributed by atoms with Crippen LogP contribution in [-0.4, -0.2) is 15.3 Å². The van der Waals surface area contributed by atoms with Crippen molar-refractivity contribution in [1.29, 1.82) is 0 Å². The van der Waals surface area contributed by atoms with Gasteiger partial charge in [0.1, 0.15) is 17.2 Å². The van der Waals surface area contributed by atoms with Gasteiger partial charge in [0.15, 0.2) is 0 Å². The van der Waals surface area contributed by atoms with Gasteiger partial charge in [-0.2, -0.15) is 0 Å². The van der Waals surface area contributed by atoms with E-state index in [1.807, 2.05) is 13.8 Å². The Morgan fingerprint density at radius 2 is 0.783 bits per heavy atom. The minimum atomic E-state index is 0.410. The maximum Gasteiger partial charge on any atom is 0.122 e. The zero-order valence-electron chi connectivity index (χ0n) is 28.4. The van der Waals surface area contributed by atoms with E-state index in [4.69, 9.17) is 0 Å². The molecule has 0 heterocycles. The van der Waals surface area contributed by atoms with Gasteiger partial charge in [0.2, 0.25) is 0 Å². The number of hydrogen-bond acceptors (Lipinski definition) is 3. The molecule has 3 aromatic carbocycles. The van der Waals surface area contributed by atoms with Crippen LogP contribution in [0.1, 0.15) is 125 Å². The number of aromatic hydroxyl groups is 3. The Hall–Kier alpha value is -2.94. The van der Waals surface area contributed by atoms with Gasteiger partial charge in [0.05, 0.1) is 0 Å². The average Bonchev–Trinajstić information content (AvgIpc) is 3.85. The van der Waals surface area contributed by atoms with Gasteiger partial charge in [0.25, 0.3) is 0 Å². The molecule has 0 radical (unpaired) electrons. The molecule has 0 amide bonds. The fraction of sp³-hybridized carbons (Fsp3) is 0.581. The molecule has 6 saturated carbocycles. The van der Waals surface area contributed by atoms with Gasteiger partial charge in [-0.3, -0.25) is 0 Å². The summed E-state index contributed by atoms with van der Waals surface area (Å²) in [6.07, 6.45) is 9.92. The van der Waals surface area contributed by atoms with Crippen LogP contribution in [0.5, 0.6) is 17.2 Å². The number of benzene rings is 3. The summed E-state index contributed by atoms with van der Waals surface area (Å²) in [4.78, 5) is 0. The zero-order valence-corrected chi connectivity index (χ0v) is 28.4.